The van der Waals surface area contributed by atoms with Crippen LogP contribution in [0.4, 0.5) is 0 Å². The summed E-state index contributed by atoms with van der Waals surface area (Å²) in [7, 11) is 0. The van der Waals surface area contributed by atoms with Gasteiger partial charge in [0.2, 0.25) is 5.91 Å². The second-order valence-electron chi connectivity index (χ2n) is 5.87. The molecule has 120 valence electrons. The smallest absolute Gasteiger partial charge is 0.237 e. The molecule has 1 aliphatic rings. The van der Waals surface area contributed by atoms with Crippen LogP contribution in [0.5, 0.6) is 0 Å². The van der Waals surface area contributed by atoms with Gasteiger partial charge in [0.25, 0.3) is 0 Å². The molecular weight excluding hydrogens is 304 g/mol. The van der Waals surface area contributed by atoms with Crippen LogP contribution in [0.2, 0.25) is 0 Å². The number of amides is 1. The molecule has 23 heavy (non-hydrogen) atoms. The zero-order valence-electron chi connectivity index (χ0n) is 13.4. The second kappa shape index (κ2) is 7.11. The molecule has 0 saturated carbocycles. The van der Waals surface area contributed by atoms with E-state index in [1.807, 2.05) is 4.90 Å². The topological polar surface area (TPSA) is 32.3 Å². The van der Waals surface area contributed by atoms with Crippen LogP contribution >= 0.6 is 11.3 Å². The van der Waals surface area contributed by atoms with Crippen molar-refractivity contribution < 1.29 is 4.79 Å². The van der Waals surface area contributed by atoms with Gasteiger partial charge >= 0.3 is 0 Å². The molecular formula is C19H22N2OS. The van der Waals surface area contributed by atoms with Gasteiger partial charge in [0.1, 0.15) is 0 Å². The van der Waals surface area contributed by atoms with Gasteiger partial charge in [-0.2, -0.15) is 0 Å². The SMILES string of the molecule is C=CCNCC(=O)N1CCc2sccc2C1c1ccc(C)cc1. The average molecular weight is 326 g/mol. The number of hydrogen-bond acceptors (Lipinski definition) is 3. The Labute approximate surface area is 141 Å². The molecule has 1 unspecified atom stereocenters. The van der Waals surface area contributed by atoms with Crippen molar-refractivity contribution in [3.8, 4) is 0 Å². The Morgan fingerprint density at radius 2 is 2.17 bits per heavy atom. The number of carbonyl (C=O) groups is 1. The molecule has 0 aliphatic carbocycles. The van der Waals surface area contributed by atoms with E-state index in [0.717, 1.165) is 13.0 Å². The molecule has 1 aromatic heterocycles. The lowest BCUT2D eigenvalue weighted by molar-refractivity contribution is -0.132. The Balaban J connectivity index is 1.90. The molecule has 0 bridgehead atoms. The molecule has 1 N–H and O–H groups in total. The number of aryl methyl sites for hydroxylation is 1. The maximum absolute atomic E-state index is 12.7. The molecule has 0 fully saturated rings. The first-order valence-corrected chi connectivity index (χ1v) is 8.82. The Morgan fingerprint density at radius 1 is 1.39 bits per heavy atom. The summed E-state index contributed by atoms with van der Waals surface area (Å²) in [6.45, 7) is 7.55. The first-order chi connectivity index (χ1) is 11.2. The molecule has 1 atom stereocenters. The molecule has 0 radical (unpaired) electrons. The third-order valence-electron chi connectivity index (χ3n) is 4.24. The molecule has 0 spiro atoms. The van der Waals surface area contributed by atoms with Crippen molar-refractivity contribution in [1.82, 2.24) is 10.2 Å². The first-order valence-electron chi connectivity index (χ1n) is 7.94. The van der Waals surface area contributed by atoms with Gasteiger partial charge in [-0.15, -0.1) is 17.9 Å². The lowest BCUT2D eigenvalue weighted by Crippen LogP contribution is -2.44. The second-order valence-corrected chi connectivity index (χ2v) is 6.87. The summed E-state index contributed by atoms with van der Waals surface area (Å²) in [4.78, 5) is 16.1. The first kappa shape index (κ1) is 16.0. The van der Waals surface area contributed by atoms with Gasteiger partial charge < -0.3 is 10.2 Å². The molecule has 3 rings (SSSR count). The molecule has 3 nitrogen and oxygen atoms in total. The lowest BCUT2D eigenvalue weighted by atomic mass is 9.92. The monoisotopic (exact) mass is 326 g/mol. The van der Waals surface area contributed by atoms with Crippen molar-refractivity contribution in [2.75, 3.05) is 19.6 Å². The molecule has 1 aliphatic heterocycles. The van der Waals surface area contributed by atoms with E-state index in [1.54, 1.807) is 17.4 Å². The zero-order valence-corrected chi connectivity index (χ0v) is 14.2. The van der Waals surface area contributed by atoms with E-state index in [4.69, 9.17) is 0 Å². The largest absolute Gasteiger partial charge is 0.330 e. The number of fused-ring (bicyclic) bond motifs is 1. The highest BCUT2D eigenvalue weighted by molar-refractivity contribution is 7.10. The van der Waals surface area contributed by atoms with Crippen LogP contribution in [0.1, 0.15) is 27.6 Å². The maximum Gasteiger partial charge on any atom is 0.237 e. The standard InChI is InChI=1S/C19H22N2OS/c1-3-10-20-13-18(22)21-11-8-17-16(9-12-23-17)19(21)15-6-4-14(2)5-7-15/h3-7,9,12,19-20H,1,8,10-11,13H2,2H3. The molecule has 1 amide bonds. The normalized spacial score (nSPS) is 16.9. The average Bonchev–Trinajstić information content (AvgIpc) is 3.03. The van der Waals surface area contributed by atoms with Crippen LogP contribution in [0, 0.1) is 6.92 Å². The fraction of sp³-hybridized carbons (Fsp3) is 0.316. The van der Waals surface area contributed by atoms with Crippen molar-refractivity contribution in [2.45, 2.75) is 19.4 Å². The van der Waals surface area contributed by atoms with E-state index in [-0.39, 0.29) is 11.9 Å². The summed E-state index contributed by atoms with van der Waals surface area (Å²) in [5.41, 5.74) is 3.70. The van der Waals surface area contributed by atoms with Gasteiger partial charge in [-0.1, -0.05) is 35.9 Å². The number of hydrogen-bond donors (Lipinski definition) is 1. The van der Waals surface area contributed by atoms with E-state index in [2.05, 4.69) is 54.5 Å². The predicted molar refractivity (Wildman–Crippen MR) is 95.8 cm³/mol. The minimum atomic E-state index is 0.0311. The third-order valence-corrected chi connectivity index (χ3v) is 5.24. The third kappa shape index (κ3) is 3.38. The highest BCUT2D eigenvalue weighted by Crippen LogP contribution is 2.37. The van der Waals surface area contributed by atoms with Crippen LogP contribution in [0.3, 0.4) is 0 Å². The Bertz CT molecular complexity index is 690. The number of nitrogens with one attached hydrogen (secondary N) is 1. The van der Waals surface area contributed by atoms with Gasteiger partial charge in [-0.05, 0) is 35.9 Å². The number of rotatable bonds is 5. The summed E-state index contributed by atoms with van der Waals surface area (Å²) < 4.78 is 0. The van der Waals surface area contributed by atoms with E-state index in [1.165, 1.54) is 21.6 Å². The predicted octanol–water partition coefficient (Wildman–Crippen LogP) is 3.31. The number of nitrogens with zero attached hydrogens (tertiary/aromatic N) is 1. The molecule has 4 heteroatoms. The van der Waals surface area contributed by atoms with Crippen LogP contribution in [-0.4, -0.2) is 30.4 Å². The quantitative estimate of drug-likeness (QED) is 0.675. The van der Waals surface area contributed by atoms with Gasteiger partial charge in [0.05, 0.1) is 12.6 Å². The van der Waals surface area contributed by atoms with E-state index >= 15 is 0 Å². The van der Waals surface area contributed by atoms with Gasteiger partial charge in [0.15, 0.2) is 0 Å². The molecule has 0 saturated heterocycles. The Kier molecular flexibility index (Phi) is 4.94. The summed E-state index contributed by atoms with van der Waals surface area (Å²) in [5, 5.41) is 5.26. The number of benzene rings is 1. The van der Waals surface area contributed by atoms with Crippen molar-refractivity contribution in [3.63, 3.8) is 0 Å². The summed E-state index contributed by atoms with van der Waals surface area (Å²) in [6.07, 6.45) is 2.72. The lowest BCUT2D eigenvalue weighted by Gasteiger charge is -2.36. The van der Waals surface area contributed by atoms with Crippen molar-refractivity contribution in [1.29, 1.82) is 0 Å². The van der Waals surface area contributed by atoms with Crippen LogP contribution in [0.25, 0.3) is 0 Å². The molecule has 2 heterocycles. The zero-order chi connectivity index (χ0) is 16.2. The van der Waals surface area contributed by atoms with Crippen LogP contribution < -0.4 is 5.32 Å². The van der Waals surface area contributed by atoms with E-state index in [9.17, 15) is 4.79 Å². The minimum Gasteiger partial charge on any atom is -0.330 e. The summed E-state index contributed by atoms with van der Waals surface area (Å²) in [5.74, 6) is 0.147. The van der Waals surface area contributed by atoms with E-state index in [0.29, 0.717) is 13.1 Å². The fourth-order valence-corrected chi connectivity index (χ4v) is 3.98. The minimum absolute atomic E-state index is 0.0311. The van der Waals surface area contributed by atoms with Gasteiger partial charge in [0, 0.05) is 18.0 Å². The van der Waals surface area contributed by atoms with E-state index < -0.39 is 0 Å². The van der Waals surface area contributed by atoms with Crippen LogP contribution in [-0.2, 0) is 11.2 Å². The van der Waals surface area contributed by atoms with Crippen molar-refractivity contribution in [2.24, 2.45) is 0 Å². The maximum atomic E-state index is 12.7. The summed E-state index contributed by atoms with van der Waals surface area (Å²) in [6, 6.07) is 10.7. The Hall–Kier alpha value is -1.91. The fourth-order valence-electron chi connectivity index (χ4n) is 3.08. The van der Waals surface area contributed by atoms with Crippen molar-refractivity contribution >= 4 is 17.2 Å². The number of carbonyl (C=O) groups excluding carboxylic acids is 1. The summed E-state index contributed by atoms with van der Waals surface area (Å²) >= 11 is 1.80. The van der Waals surface area contributed by atoms with Crippen molar-refractivity contribution in [3.05, 3.63) is 69.9 Å². The van der Waals surface area contributed by atoms with Crippen LogP contribution in [0.15, 0.2) is 48.4 Å². The molecule has 2 aromatic rings. The molecule has 1 aromatic carbocycles. The van der Waals surface area contributed by atoms with Gasteiger partial charge in [-0.3, -0.25) is 4.79 Å². The van der Waals surface area contributed by atoms with Gasteiger partial charge in [-0.25, -0.2) is 0 Å². The highest BCUT2D eigenvalue weighted by Gasteiger charge is 2.32. The number of thiophene rings is 1. The highest BCUT2D eigenvalue weighted by atomic mass is 32.1. The Morgan fingerprint density at radius 3 is 2.91 bits per heavy atom.